The van der Waals surface area contributed by atoms with Crippen LogP contribution in [0, 0.1) is 0 Å². The molecule has 0 bridgehead atoms. The van der Waals surface area contributed by atoms with Crippen LogP contribution < -0.4 is 10.1 Å². The number of carbonyl (C=O) groups excluding carboxylic acids is 2. The van der Waals surface area contributed by atoms with Crippen molar-refractivity contribution in [1.82, 2.24) is 4.90 Å². The average Bonchev–Trinajstić information content (AvgIpc) is 2.70. The van der Waals surface area contributed by atoms with Crippen LogP contribution in [0.15, 0.2) is 53.5 Å². The van der Waals surface area contributed by atoms with Crippen molar-refractivity contribution in [3.63, 3.8) is 0 Å². The molecule has 2 amide bonds. The zero-order chi connectivity index (χ0) is 20.1. The lowest BCUT2D eigenvalue weighted by atomic mass is 10.2. The zero-order valence-electron chi connectivity index (χ0n) is 15.5. The van der Waals surface area contributed by atoms with Gasteiger partial charge >= 0.3 is 0 Å². The van der Waals surface area contributed by atoms with E-state index in [-0.39, 0.29) is 18.2 Å². The number of rotatable bonds is 5. The van der Waals surface area contributed by atoms with Gasteiger partial charge in [0.1, 0.15) is 11.0 Å². The van der Waals surface area contributed by atoms with Crippen LogP contribution in [0.5, 0.6) is 5.75 Å². The van der Waals surface area contributed by atoms with E-state index in [1.54, 1.807) is 48.4 Å². The van der Waals surface area contributed by atoms with Crippen molar-refractivity contribution >= 4 is 51.7 Å². The van der Waals surface area contributed by atoms with Crippen molar-refractivity contribution in [2.24, 2.45) is 4.99 Å². The third-order valence-corrected chi connectivity index (χ3v) is 5.60. The Morgan fingerprint density at radius 2 is 1.93 bits per heavy atom. The number of halogens is 1. The molecule has 6 nitrogen and oxygen atoms in total. The highest BCUT2D eigenvalue weighted by molar-refractivity contribution is 8.15. The number of amidine groups is 1. The van der Waals surface area contributed by atoms with E-state index in [0.717, 1.165) is 5.75 Å². The number of aliphatic imine (C=N–C) groups is 1. The van der Waals surface area contributed by atoms with E-state index in [4.69, 9.17) is 16.3 Å². The van der Waals surface area contributed by atoms with Crippen molar-refractivity contribution in [2.75, 3.05) is 19.0 Å². The molecule has 1 fully saturated rings. The second-order valence-electron chi connectivity index (χ2n) is 6.04. The second kappa shape index (κ2) is 9.12. The number of carbonyl (C=O) groups is 2. The number of benzene rings is 2. The Balaban J connectivity index is 1.78. The molecule has 0 saturated carbocycles. The van der Waals surface area contributed by atoms with E-state index < -0.39 is 5.25 Å². The summed E-state index contributed by atoms with van der Waals surface area (Å²) in [5.41, 5.74) is 1.32. The first-order valence-electron chi connectivity index (χ1n) is 8.76. The maximum absolute atomic E-state index is 12.7. The molecule has 1 saturated heterocycles. The third-order valence-electron chi connectivity index (χ3n) is 4.16. The number of hydrogen-bond donors (Lipinski definition) is 1. The highest BCUT2D eigenvalue weighted by atomic mass is 35.5. The first-order chi connectivity index (χ1) is 13.5. The molecule has 0 aromatic heterocycles. The summed E-state index contributed by atoms with van der Waals surface area (Å²) in [5, 5.41) is 3.38. The fourth-order valence-electron chi connectivity index (χ4n) is 2.68. The number of amides is 2. The third kappa shape index (κ3) is 4.85. The molecule has 1 heterocycles. The lowest BCUT2D eigenvalue weighted by molar-refractivity contribution is -0.129. The Morgan fingerprint density at radius 1 is 1.25 bits per heavy atom. The highest BCUT2D eigenvalue weighted by Gasteiger charge is 2.35. The molecule has 1 aliphatic heterocycles. The summed E-state index contributed by atoms with van der Waals surface area (Å²) in [6.07, 6.45) is 0.125. The van der Waals surface area contributed by atoms with Gasteiger partial charge in [-0.3, -0.25) is 14.5 Å². The fraction of sp³-hybridized carbons (Fsp3) is 0.250. The lowest BCUT2D eigenvalue weighted by Crippen LogP contribution is -2.45. The summed E-state index contributed by atoms with van der Waals surface area (Å²) >= 11 is 7.16. The van der Waals surface area contributed by atoms with E-state index in [9.17, 15) is 9.59 Å². The first kappa shape index (κ1) is 20.2. The van der Waals surface area contributed by atoms with Gasteiger partial charge in [-0.2, -0.15) is 0 Å². The van der Waals surface area contributed by atoms with Crippen LogP contribution >= 0.6 is 23.4 Å². The summed E-state index contributed by atoms with van der Waals surface area (Å²) in [6, 6.07) is 14.1. The molecule has 1 N–H and O–H groups in total. The summed E-state index contributed by atoms with van der Waals surface area (Å²) in [5.74, 6) is 0.368. The molecule has 1 unspecified atom stereocenters. The van der Waals surface area contributed by atoms with Crippen LogP contribution in [0.1, 0.15) is 13.3 Å². The zero-order valence-corrected chi connectivity index (χ0v) is 17.1. The number of thioether (sulfide) groups is 1. The molecular weight excluding hydrogens is 398 g/mol. The van der Waals surface area contributed by atoms with Gasteiger partial charge in [0.05, 0.1) is 12.8 Å². The minimum atomic E-state index is -0.553. The number of hydrogen-bond acceptors (Lipinski definition) is 5. The van der Waals surface area contributed by atoms with Crippen molar-refractivity contribution in [3.05, 3.63) is 53.6 Å². The van der Waals surface area contributed by atoms with E-state index in [1.165, 1.54) is 11.8 Å². The minimum Gasteiger partial charge on any atom is -0.497 e. The number of methoxy groups -OCH3 is 1. The van der Waals surface area contributed by atoms with Crippen LogP contribution in [0.25, 0.3) is 0 Å². The molecule has 28 heavy (non-hydrogen) atoms. The van der Waals surface area contributed by atoms with Crippen molar-refractivity contribution < 1.29 is 14.3 Å². The lowest BCUT2D eigenvalue weighted by Gasteiger charge is -2.30. The van der Waals surface area contributed by atoms with E-state index in [0.29, 0.717) is 28.1 Å². The van der Waals surface area contributed by atoms with E-state index >= 15 is 0 Å². The predicted molar refractivity (Wildman–Crippen MR) is 114 cm³/mol. The maximum atomic E-state index is 12.7. The standard InChI is InChI=1S/C20H20ClN3O3S/c1-3-24-18(25)12-17(19(26)22-14-6-4-13(21)5-7-14)28-20(24)23-15-8-10-16(27-2)11-9-15/h4-11,17H,3,12H2,1-2H3,(H,22,26). The Bertz CT molecular complexity index is 885. The molecule has 0 radical (unpaired) electrons. The van der Waals surface area contributed by atoms with Gasteiger partial charge in [0, 0.05) is 23.7 Å². The SMILES string of the molecule is CCN1C(=O)CC(C(=O)Nc2ccc(Cl)cc2)SC1=Nc1ccc(OC)cc1. The number of nitrogens with one attached hydrogen (secondary N) is 1. The van der Waals surface area contributed by atoms with Gasteiger partial charge in [0.25, 0.3) is 0 Å². The molecular formula is C20H20ClN3O3S. The van der Waals surface area contributed by atoms with Gasteiger partial charge in [-0.05, 0) is 55.5 Å². The van der Waals surface area contributed by atoms with E-state index in [1.807, 2.05) is 19.1 Å². The summed E-state index contributed by atoms with van der Waals surface area (Å²) < 4.78 is 5.15. The fourth-order valence-corrected chi connectivity index (χ4v) is 3.96. The Hall–Kier alpha value is -2.51. The average molecular weight is 418 g/mol. The molecule has 146 valence electrons. The van der Waals surface area contributed by atoms with Gasteiger partial charge in [-0.15, -0.1) is 0 Å². The number of nitrogens with zero attached hydrogens (tertiary/aromatic N) is 2. The summed E-state index contributed by atoms with van der Waals surface area (Å²) in [7, 11) is 1.60. The van der Waals surface area contributed by atoms with Crippen molar-refractivity contribution in [1.29, 1.82) is 0 Å². The van der Waals surface area contributed by atoms with Gasteiger partial charge in [0.15, 0.2) is 5.17 Å². The number of anilines is 1. The minimum absolute atomic E-state index is 0.121. The maximum Gasteiger partial charge on any atom is 0.238 e. The van der Waals surface area contributed by atoms with Gasteiger partial charge in [0.2, 0.25) is 11.8 Å². The first-order valence-corrected chi connectivity index (χ1v) is 10.0. The Morgan fingerprint density at radius 3 is 2.54 bits per heavy atom. The predicted octanol–water partition coefficient (Wildman–Crippen LogP) is 4.33. The summed E-state index contributed by atoms with van der Waals surface area (Å²) in [6.45, 7) is 2.38. The largest absolute Gasteiger partial charge is 0.497 e. The molecule has 0 aliphatic carbocycles. The Labute approximate surface area is 172 Å². The molecule has 1 aliphatic rings. The van der Waals surface area contributed by atoms with Gasteiger partial charge < -0.3 is 10.1 Å². The molecule has 2 aromatic carbocycles. The highest BCUT2D eigenvalue weighted by Crippen LogP contribution is 2.30. The van der Waals surface area contributed by atoms with Crippen molar-refractivity contribution in [2.45, 2.75) is 18.6 Å². The van der Waals surface area contributed by atoms with Gasteiger partial charge in [-0.25, -0.2) is 4.99 Å². The van der Waals surface area contributed by atoms with Crippen LogP contribution in [0.3, 0.4) is 0 Å². The van der Waals surface area contributed by atoms with Crippen LogP contribution in [-0.2, 0) is 9.59 Å². The topological polar surface area (TPSA) is 71.0 Å². The van der Waals surface area contributed by atoms with Crippen LogP contribution in [0.2, 0.25) is 5.02 Å². The molecule has 1 atom stereocenters. The molecule has 8 heteroatoms. The quantitative estimate of drug-likeness (QED) is 0.786. The molecule has 3 rings (SSSR count). The Kier molecular flexibility index (Phi) is 6.59. The molecule has 0 spiro atoms. The number of ether oxygens (including phenoxy) is 1. The molecule has 2 aromatic rings. The summed E-state index contributed by atoms with van der Waals surface area (Å²) in [4.78, 5) is 31.4. The van der Waals surface area contributed by atoms with Crippen molar-refractivity contribution in [3.8, 4) is 5.75 Å². The monoisotopic (exact) mass is 417 g/mol. The van der Waals surface area contributed by atoms with E-state index in [2.05, 4.69) is 10.3 Å². The van der Waals surface area contributed by atoms with Gasteiger partial charge in [-0.1, -0.05) is 23.4 Å². The van der Waals surface area contributed by atoms with Crippen LogP contribution in [0.4, 0.5) is 11.4 Å². The normalized spacial score (nSPS) is 18.2. The smallest absolute Gasteiger partial charge is 0.238 e. The van der Waals surface area contributed by atoms with Crippen LogP contribution in [-0.4, -0.2) is 40.8 Å². The second-order valence-corrected chi connectivity index (χ2v) is 7.64.